The number of hydrogen-bond acceptors (Lipinski definition) is 10. The summed E-state index contributed by atoms with van der Waals surface area (Å²) in [6.07, 6.45) is -5.74. The second kappa shape index (κ2) is 8.60. The molecular weight excluding hydrogens is 326 g/mol. The van der Waals surface area contributed by atoms with E-state index in [1.807, 2.05) is 0 Å². The normalized spacial score (nSPS) is 29.3. The molecule has 136 valence electrons. The van der Waals surface area contributed by atoms with Gasteiger partial charge in [0.2, 0.25) is 0 Å². The molecule has 5 atom stereocenters. The smallest absolute Gasteiger partial charge is 0.303 e. The summed E-state index contributed by atoms with van der Waals surface area (Å²) in [6.45, 7) is 4.32. The van der Waals surface area contributed by atoms with Crippen molar-refractivity contribution < 1.29 is 42.9 Å². The first-order valence-corrected chi connectivity index (χ1v) is 7.18. The van der Waals surface area contributed by atoms with E-state index in [0.29, 0.717) is 0 Å². The molecule has 10 nitrogen and oxygen atoms in total. The molecule has 0 aromatic carbocycles. The molecule has 0 radical (unpaired) electrons. The Morgan fingerprint density at radius 3 is 1.71 bits per heavy atom. The third-order valence-corrected chi connectivity index (χ3v) is 3.03. The molecular formula is C14H21NO9. The maximum Gasteiger partial charge on any atom is 0.303 e. The first-order chi connectivity index (χ1) is 11.1. The molecule has 1 aliphatic rings. The van der Waals surface area contributed by atoms with Crippen LogP contribution in [0.5, 0.6) is 0 Å². The quantitative estimate of drug-likeness (QED) is 0.487. The second-order valence-electron chi connectivity index (χ2n) is 5.16. The first kappa shape index (κ1) is 19.8. The van der Waals surface area contributed by atoms with Gasteiger partial charge in [0.1, 0.15) is 18.9 Å². The number of hydrogen-bond donors (Lipinski definition) is 1. The van der Waals surface area contributed by atoms with Crippen molar-refractivity contribution in [2.24, 2.45) is 5.73 Å². The van der Waals surface area contributed by atoms with E-state index in [9.17, 15) is 19.2 Å². The fourth-order valence-electron chi connectivity index (χ4n) is 2.26. The van der Waals surface area contributed by atoms with Crippen molar-refractivity contribution >= 4 is 23.9 Å². The summed E-state index contributed by atoms with van der Waals surface area (Å²) < 4.78 is 25.6. The van der Waals surface area contributed by atoms with Crippen molar-refractivity contribution in [1.29, 1.82) is 0 Å². The third-order valence-electron chi connectivity index (χ3n) is 3.03. The molecule has 0 saturated carbocycles. The molecule has 3 unspecified atom stereocenters. The van der Waals surface area contributed by atoms with E-state index in [1.54, 1.807) is 0 Å². The van der Waals surface area contributed by atoms with Gasteiger partial charge in [0, 0.05) is 27.7 Å². The van der Waals surface area contributed by atoms with Gasteiger partial charge < -0.3 is 29.4 Å². The van der Waals surface area contributed by atoms with Crippen LogP contribution in [0.3, 0.4) is 0 Å². The average Bonchev–Trinajstić information content (AvgIpc) is 2.42. The fraction of sp³-hybridized carbons (Fsp3) is 0.714. The van der Waals surface area contributed by atoms with Gasteiger partial charge in [-0.25, -0.2) is 0 Å². The van der Waals surface area contributed by atoms with E-state index in [1.165, 1.54) is 6.92 Å². The number of esters is 4. The summed E-state index contributed by atoms with van der Waals surface area (Å²) in [5.74, 6) is -2.66. The molecule has 2 N–H and O–H groups in total. The summed E-state index contributed by atoms with van der Waals surface area (Å²) in [7, 11) is 0. The van der Waals surface area contributed by atoms with E-state index in [0.717, 1.165) is 20.8 Å². The average molecular weight is 347 g/mol. The van der Waals surface area contributed by atoms with Crippen LogP contribution in [0, 0.1) is 0 Å². The van der Waals surface area contributed by atoms with Crippen LogP contribution in [-0.4, -0.2) is 61.1 Å². The van der Waals surface area contributed by atoms with Crippen molar-refractivity contribution in [1.82, 2.24) is 0 Å². The zero-order chi connectivity index (χ0) is 18.4. The number of nitrogens with two attached hydrogens (primary N) is 1. The van der Waals surface area contributed by atoms with Crippen LogP contribution in [0.4, 0.5) is 0 Å². The van der Waals surface area contributed by atoms with Gasteiger partial charge >= 0.3 is 23.9 Å². The number of ether oxygens (including phenoxy) is 5. The molecule has 1 saturated heterocycles. The Hall–Kier alpha value is -2.20. The van der Waals surface area contributed by atoms with E-state index in [4.69, 9.17) is 29.4 Å². The molecule has 24 heavy (non-hydrogen) atoms. The zero-order valence-electron chi connectivity index (χ0n) is 13.8. The van der Waals surface area contributed by atoms with Crippen molar-refractivity contribution in [3.8, 4) is 0 Å². The van der Waals surface area contributed by atoms with Crippen LogP contribution < -0.4 is 5.73 Å². The minimum Gasteiger partial charge on any atom is -0.463 e. The number of carbonyl (C=O) groups is 4. The van der Waals surface area contributed by atoms with E-state index < -0.39 is 54.5 Å². The third kappa shape index (κ3) is 5.78. The maximum atomic E-state index is 11.4. The highest BCUT2D eigenvalue weighted by molar-refractivity contribution is 5.68. The first-order valence-electron chi connectivity index (χ1n) is 7.18. The van der Waals surface area contributed by atoms with Gasteiger partial charge in [0.05, 0.1) is 0 Å². The van der Waals surface area contributed by atoms with Crippen LogP contribution in [0.15, 0.2) is 0 Å². The molecule has 0 spiro atoms. The number of carbonyl (C=O) groups excluding carboxylic acids is 4. The summed E-state index contributed by atoms with van der Waals surface area (Å²) >= 11 is 0. The van der Waals surface area contributed by atoms with Gasteiger partial charge in [-0.15, -0.1) is 0 Å². The molecule has 0 bridgehead atoms. The summed E-state index contributed by atoms with van der Waals surface area (Å²) in [5, 5.41) is 0. The molecule has 1 heterocycles. The molecule has 0 aliphatic carbocycles. The SMILES string of the molecule is CC(=O)OCC1O[C@H](N)C(OC(C)=O)C(OC(C)=O)[C@@H]1OC(C)=O. The van der Waals surface area contributed by atoms with Crippen molar-refractivity contribution in [2.45, 2.75) is 58.3 Å². The predicted octanol–water partition coefficient (Wildman–Crippen LogP) is -0.972. The Morgan fingerprint density at radius 2 is 1.25 bits per heavy atom. The maximum absolute atomic E-state index is 11.4. The van der Waals surface area contributed by atoms with Crippen molar-refractivity contribution in [3.63, 3.8) is 0 Å². The van der Waals surface area contributed by atoms with E-state index in [-0.39, 0.29) is 6.61 Å². The van der Waals surface area contributed by atoms with Crippen LogP contribution in [0.1, 0.15) is 27.7 Å². The van der Waals surface area contributed by atoms with E-state index >= 15 is 0 Å². The Balaban J connectivity index is 3.11. The highest BCUT2D eigenvalue weighted by atomic mass is 16.7. The Labute approximate surface area is 138 Å². The second-order valence-corrected chi connectivity index (χ2v) is 5.16. The molecule has 0 aromatic rings. The molecule has 1 fully saturated rings. The summed E-state index contributed by atoms with van der Waals surface area (Å²) in [6, 6.07) is 0. The lowest BCUT2D eigenvalue weighted by Gasteiger charge is -2.43. The molecule has 1 aliphatic heterocycles. The van der Waals surface area contributed by atoms with Crippen LogP contribution in [-0.2, 0) is 42.9 Å². The van der Waals surface area contributed by atoms with Crippen LogP contribution >= 0.6 is 0 Å². The Kier molecular flexibility index (Phi) is 7.11. The highest BCUT2D eigenvalue weighted by Gasteiger charge is 2.51. The largest absolute Gasteiger partial charge is 0.463 e. The van der Waals surface area contributed by atoms with Crippen molar-refractivity contribution in [2.75, 3.05) is 6.61 Å². The van der Waals surface area contributed by atoms with Crippen LogP contribution in [0.2, 0.25) is 0 Å². The lowest BCUT2D eigenvalue weighted by molar-refractivity contribution is -0.251. The Bertz CT molecular complexity index is 506. The van der Waals surface area contributed by atoms with Gasteiger partial charge in [-0.3, -0.25) is 19.2 Å². The lowest BCUT2D eigenvalue weighted by atomic mass is 9.97. The molecule has 0 amide bonds. The topological polar surface area (TPSA) is 140 Å². The standard InChI is InChI=1S/C14H21NO9/c1-6(16)20-5-10-11(21-7(2)17)12(22-8(3)18)13(14(15)24-10)23-9(4)19/h10-14H,5,15H2,1-4H3/t10?,11-,12?,13?,14+/m1/s1. The van der Waals surface area contributed by atoms with Crippen LogP contribution in [0.25, 0.3) is 0 Å². The van der Waals surface area contributed by atoms with Gasteiger partial charge in [0.25, 0.3) is 0 Å². The highest BCUT2D eigenvalue weighted by Crippen LogP contribution is 2.27. The minimum absolute atomic E-state index is 0.286. The van der Waals surface area contributed by atoms with Gasteiger partial charge in [-0.05, 0) is 0 Å². The summed E-state index contributed by atoms with van der Waals surface area (Å²) in [5.41, 5.74) is 5.81. The van der Waals surface area contributed by atoms with Gasteiger partial charge in [0.15, 0.2) is 18.3 Å². The van der Waals surface area contributed by atoms with Gasteiger partial charge in [-0.1, -0.05) is 0 Å². The van der Waals surface area contributed by atoms with Crippen molar-refractivity contribution in [3.05, 3.63) is 0 Å². The fourth-order valence-corrected chi connectivity index (χ4v) is 2.26. The minimum atomic E-state index is -1.21. The lowest BCUT2D eigenvalue weighted by Crippen LogP contribution is -2.64. The zero-order valence-corrected chi connectivity index (χ0v) is 13.8. The Morgan fingerprint density at radius 1 is 0.792 bits per heavy atom. The van der Waals surface area contributed by atoms with Gasteiger partial charge in [-0.2, -0.15) is 0 Å². The molecule has 10 heteroatoms. The summed E-state index contributed by atoms with van der Waals surface area (Å²) in [4.78, 5) is 45.0. The number of rotatable bonds is 5. The van der Waals surface area contributed by atoms with E-state index in [2.05, 4.69) is 0 Å². The predicted molar refractivity (Wildman–Crippen MR) is 76.1 cm³/mol. The molecule has 0 aromatic heterocycles. The monoisotopic (exact) mass is 347 g/mol. The molecule has 1 rings (SSSR count).